The van der Waals surface area contributed by atoms with Crippen LogP contribution in [-0.2, 0) is 11.3 Å². The van der Waals surface area contributed by atoms with Crippen molar-refractivity contribution in [1.82, 2.24) is 15.5 Å². The number of hydrogen-bond donors (Lipinski definition) is 2. The zero-order chi connectivity index (χ0) is 18.1. The zero-order valence-electron chi connectivity index (χ0n) is 15.6. The van der Waals surface area contributed by atoms with Gasteiger partial charge in [0.05, 0.1) is 19.2 Å². The largest absolute Gasteiger partial charge is 0.491 e. The summed E-state index contributed by atoms with van der Waals surface area (Å²) in [4.78, 5) is 17.8. The van der Waals surface area contributed by atoms with Crippen LogP contribution in [0.15, 0.2) is 23.2 Å². The van der Waals surface area contributed by atoms with E-state index < -0.39 is 0 Å². The lowest BCUT2D eigenvalue weighted by molar-refractivity contribution is -0.127. The Morgan fingerprint density at radius 2 is 2.00 bits per heavy atom. The van der Waals surface area contributed by atoms with Crippen LogP contribution in [0.25, 0.3) is 0 Å². The molecular weight excluding hydrogens is 304 g/mol. The van der Waals surface area contributed by atoms with Gasteiger partial charge in [0.1, 0.15) is 5.75 Å². The number of ether oxygens (including phenoxy) is 1. The van der Waals surface area contributed by atoms with Crippen molar-refractivity contribution >= 4 is 11.9 Å². The fraction of sp³-hybridized carbons (Fsp3) is 0.556. The van der Waals surface area contributed by atoms with E-state index >= 15 is 0 Å². The van der Waals surface area contributed by atoms with Gasteiger partial charge in [0, 0.05) is 26.2 Å². The second-order valence-corrected chi connectivity index (χ2v) is 6.11. The van der Waals surface area contributed by atoms with E-state index in [9.17, 15) is 4.79 Å². The summed E-state index contributed by atoms with van der Waals surface area (Å²) in [6.45, 7) is 9.46. The number of aryl methyl sites for hydroxylation is 1. The molecule has 1 aromatic carbocycles. The third-order valence-electron chi connectivity index (χ3n) is 3.24. The van der Waals surface area contributed by atoms with Crippen molar-refractivity contribution < 1.29 is 9.53 Å². The molecule has 0 heterocycles. The number of guanidine groups is 1. The smallest absolute Gasteiger partial charge is 0.241 e. The summed E-state index contributed by atoms with van der Waals surface area (Å²) in [6.07, 6.45) is 0.110. The first-order chi connectivity index (χ1) is 11.3. The Kier molecular flexibility index (Phi) is 8.09. The molecule has 6 heteroatoms. The monoisotopic (exact) mass is 334 g/mol. The molecule has 0 spiro atoms. The summed E-state index contributed by atoms with van der Waals surface area (Å²) in [7, 11) is 3.46. The lowest BCUT2D eigenvalue weighted by atomic mass is 10.1. The van der Waals surface area contributed by atoms with E-state index in [4.69, 9.17) is 4.74 Å². The number of amides is 1. The molecule has 1 aromatic rings. The number of likely N-dealkylation sites (N-methyl/N-ethyl adjacent to an activating group) is 1. The Morgan fingerprint density at radius 3 is 2.58 bits per heavy atom. The number of carbonyl (C=O) groups excluding carboxylic acids is 1. The first-order valence-corrected chi connectivity index (χ1v) is 8.32. The number of hydrogen-bond acceptors (Lipinski definition) is 3. The minimum Gasteiger partial charge on any atom is -0.491 e. The molecular formula is C18H30N4O2. The van der Waals surface area contributed by atoms with Gasteiger partial charge in [-0.1, -0.05) is 12.1 Å². The van der Waals surface area contributed by atoms with Crippen LogP contribution >= 0.6 is 0 Å². The van der Waals surface area contributed by atoms with Gasteiger partial charge in [-0.2, -0.15) is 0 Å². The highest BCUT2D eigenvalue weighted by Gasteiger charge is 2.08. The van der Waals surface area contributed by atoms with Crippen molar-refractivity contribution in [3.8, 4) is 5.75 Å². The van der Waals surface area contributed by atoms with Crippen LogP contribution in [0.5, 0.6) is 5.75 Å². The van der Waals surface area contributed by atoms with Crippen molar-refractivity contribution in [1.29, 1.82) is 0 Å². The second-order valence-electron chi connectivity index (χ2n) is 6.11. The molecule has 0 unspecified atom stereocenters. The predicted molar refractivity (Wildman–Crippen MR) is 98.5 cm³/mol. The molecule has 134 valence electrons. The maximum absolute atomic E-state index is 11.7. The average molecular weight is 334 g/mol. The average Bonchev–Trinajstić information content (AvgIpc) is 2.50. The Labute approximate surface area is 145 Å². The van der Waals surface area contributed by atoms with Crippen molar-refractivity contribution in [2.45, 2.75) is 40.3 Å². The number of nitrogens with zero attached hydrogens (tertiary/aromatic N) is 2. The number of aliphatic imine (C=N–C) groups is 1. The minimum atomic E-state index is -0.000214. The van der Waals surface area contributed by atoms with E-state index in [2.05, 4.69) is 15.6 Å². The van der Waals surface area contributed by atoms with Gasteiger partial charge in [0.2, 0.25) is 5.91 Å². The highest BCUT2D eigenvalue weighted by atomic mass is 16.5. The zero-order valence-corrected chi connectivity index (χ0v) is 15.6. The van der Waals surface area contributed by atoms with Gasteiger partial charge in [-0.3, -0.25) is 4.79 Å². The summed E-state index contributed by atoms with van der Waals surface area (Å²) in [5.74, 6) is 1.47. The quantitative estimate of drug-likeness (QED) is 0.591. The minimum absolute atomic E-state index is 0.000214. The fourth-order valence-electron chi connectivity index (χ4n) is 1.98. The van der Waals surface area contributed by atoms with Crippen LogP contribution in [0.2, 0.25) is 0 Å². The van der Waals surface area contributed by atoms with E-state index in [1.807, 2.05) is 45.9 Å². The molecule has 0 aromatic heterocycles. The van der Waals surface area contributed by atoms with Gasteiger partial charge in [-0.15, -0.1) is 0 Å². The maximum atomic E-state index is 11.7. The molecule has 24 heavy (non-hydrogen) atoms. The van der Waals surface area contributed by atoms with E-state index in [-0.39, 0.29) is 18.6 Å². The molecule has 0 radical (unpaired) electrons. The van der Waals surface area contributed by atoms with Crippen molar-refractivity contribution in [3.63, 3.8) is 0 Å². The number of benzene rings is 1. The first kappa shape index (κ1) is 19.8. The summed E-state index contributed by atoms with van der Waals surface area (Å²) < 4.78 is 5.88. The van der Waals surface area contributed by atoms with E-state index in [0.717, 1.165) is 23.4 Å². The Bertz CT molecular complexity index is 568. The van der Waals surface area contributed by atoms with Crippen LogP contribution in [-0.4, -0.2) is 50.1 Å². The highest BCUT2D eigenvalue weighted by Crippen LogP contribution is 2.22. The Morgan fingerprint density at radius 1 is 1.29 bits per heavy atom. The van der Waals surface area contributed by atoms with Crippen molar-refractivity contribution in [3.05, 3.63) is 29.3 Å². The Balaban J connectivity index is 2.83. The molecule has 0 bridgehead atoms. The molecule has 0 atom stereocenters. The van der Waals surface area contributed by atoms with E-state index in [1.54, 1.807) is 19.0 Å². The van der Waals surface area contributed by atoms with E-state index in [0.29, 0.717) is 12.5 Å². The molecule has 0 aliphatic rings. The number of carbonyl (C=O) groups is 1. The summed E-state index contributed by atoms with van der Waals surface area (Å²) in [5.41, 5.74) is 2.17. The van der Waals surface area contributed by atoms with Gasteiger partial charge in [0.15, 0.2) is 5.96 Å². The fourth-order valence-corrected chi connectivity index (χ4v) is 1.98. The van der Waals surface area contributed by atoms with Crippen molar-refractivity contribution in [2.24, 2.45) is 4.99 Å². The molecule has 1 rings (SSSR count). The van der Waals surface area contributed by atoms with Crippen LogP contribution < -0.4 is 15.4 Å². The lowest BCUT2D eigenvalue weighted by Gasteiger charge is -2.16. The normalized spacial score (nSPS) is 11.4. The number of rotatable bonds is 7. The van der Waals surface area contributed by atoms with Crippen LogP contribution in [0, 0.1) is 6.92 Å². The van der Waals surface area contributed by atoms with Crippen molar-refractivity contribution in [2.75, 3.05) is 27.2 Å². The third kappa shape index (κ3) is 6.89. The van der Waals surface area contributed by atoms with E-state index in [1.165, 1.54) is 0 Å². The summed E-state index contributed by atoms with van der Waals surface area (Å²) >= 11 is 0. The molecule has 1 amide bonds. The molecule has 0 saturated heterocycles. The molecule has 6 nitrogen and oxygen atoms in total. The SMILES string of the molecule is CCNC(=NCc1ccc(C)cc1OC(C)C)NCC(=O)N(C)C. The third-order valence-corrected chi connectivity index (χ3v) is 3.24. The van der Waals surface area contributed by atoms with Gasteiger partial charge in [0.25, 0.3) is 0 Å². The molecule has 0 fully saturated rings. The molecule has 0 aliphatic heterocycles. The van der Waals surface area contributed by atoms with Crippen LogP contribution in [0.1, 0.15) is 31.9 Å². The summed E-state index contributed by atoms with van der Waals surface area (Å²) in [6, 6.07) is 6.11. The molecule has 0 saturated carbocycles. The first-order valence-electron chi connectivity index (χ1n) is 8.32. The van der Waals surface area contributed by atoms with Gasteiger partial charge < -0.3 is 20.3 Å². The maximum Gasteiger partial charge on any atom is 0.241 e. The predicted octanol–water partition coefficient (Wildman–Crippen LogP) is 1.93. The van der Waals surface area contributed by atoms with Crippen LogP contribution in [0.3, 0.4) is 0 Å². The van der Waals surface area contributed by atoms with Gasteiger partial charge in [-0.05, 0) is 39.3 Å². The summed E-state index contributed by atoms with van der Waals surface area (Å²) in [5, 5.41) is 6.20. The Hall–Kier alpha value is -2.24. The van der Waals surface area contributed by atoms with Gasteiger partial charge >= 0.3 is 0 Å². The number of nitrogens with one attached hydrogen (secondary N) is 2. The molecule has 0 aliphatic carbocycles. The van der Waals surface area contributed by atoms with Gasteiger partial charge in [-0.25, -0.2) is 4.99 Å². The highest BCUT2D eigenvalue weighted by molar-refractivity contribution is 5.86. The standard InChI is InChI=1S/C18H30N4O2/c1-7-19-18(21-12-17(23)22(5)6)20-11-15-9-8-14(4)10-16(15)24-13(2)3/h8-10,13H,7,11-12H2,1-6H3,(H2,19,20,21). The second kappa shape index (κ2) is 9.80. The topological polar surface area (TPSA) is 66.0 Å². The lowest BCUT2D eigenvalue weighted by Crippen LogP contribution is -2.42. The van der Waals surface area contributed by atoms with Crippen LogP contribution in [0.4, 0.5) is 0 Å². The molecule has 2 N–H and O–H groups in total.